The van der Waals surface area contributed by atoms with E-state index in [1.807, 2.05) is 43.3 Å². The number of amides is 1. The number of methoxy groups -OCH3 is 2. The first-order valence-electron chi connectivity index (χ1n) is 11.8. The fourth-order valence-corrected chi connectivity index (χ4v) is 4.32. The molecule has 0 aromatic heterocycles. The fraction of sp³-hybridized carbons (Fsp3) is 0.429. The number of likely N-dealkylation sites (tertiary alicyclic amines) is 1. The van der Waals surface area contributed by atoms with Gasteiger partial charge in [-0.15, -0.1) is 0 Å². The molecule has 1 aliphatic rings. The lowest BCUT2D eigenvalue weighted by Crippen LogP contribution is -2.32. The third-order valence-corrected chi connectivity index (χ3v) is 6.29. The lowest BCUT2D eigenvalue weighted by molar-refractivity contribution is -0.139. The molecule has 2 aromatic carbocycles. The fourth-order valence-electron chi connectivity index (χ4n) is 4.32. The highest BCUT2D eigenvalue weighted by molar-refractivity contribution is 6.46. The minimum absolute atomic E-state index is 0.0360. The van der Waals surface area contributed by atoms with Gasteiger partial charge in [0.05, 0.1) is 25.8 Å². The van der Waals surface area contributed by atoms with E-state index in [4.69, 9.17) is 9.47 Å². The van der Waals surface area contributed by atoms with Gasteiger partial charge in [-0.2, -0.15) is 0 Å². The number of Topliss-reactive ketones (excluding diaryl/α,β-unsaturated/α-hetero) is 1. The SMILES string of the molecule is COc1ccc(/C(O)=C2\C(=O)C(=O)N(CCCN(C)C)[C@@H]2c2ccc(C(C)(C)C)cc2)cc1OC. The summed E-state index contributed by atoms with van der Waals surface area (Å²) < 4.78 is 10.7. The first kappa shape index (κ1) is 26.3. The maximum Gasteiger partial charge on any atom is 0.295 e. The van der Waals surface area contributed by atoms with Crippen LogP contribution in [0.5, 0.6) is 11.5 Å². The molecule has 0 saturated carbocycles. The van der Waals surface area contributed by atoms with E-state index >= 15 is 0 Å². The third-order valence-electron chi connectivity index (χ3n) is 6.29. The number of carbonyl (C=O) groups is 2. The average molecular weight is 481 g/mol. The van der Waals surface area contributed by atoms with Crippen molar-refractivity contribution < 1.29 is 24.2 Å². The van der Waals surface area contributed by atoms with Crippen molar-refractivity contribution in [2.45, 2.75) is 38.6 Å². The minimum Gasteiger partial charge on any atom is -0.507 e. The molecule has 7 nitrogen and oxygen atoms in total. The highest BCUT2D eigenvalue weighted by Crippen LogP contribution is 2.41. The zero-order valence-corrected chi connectivity index (χ0v) is 21.7. The quantitative estimate of drug-likeness (QED) is 0.343. The van der Waals surface area contributed by atoms with Crippen LogP contribution in [0.2, 0.25) is 0 Å². The van der Waals surface area contributed by atoms with E-state index in [1.54, 1.807) is 23.1 Å². The summed E-state index contributed by atoms with van der Waals surface area (Å²) in [4.78, 5) is 30.0. The summed E-state index contributed by atoms with van der Waals surface area (Å²) >= 11 is 0. The molecule has 188 valence electrons. The molecule has 1 atom stereocenters. The third kappa shape index (κ3) is 5.51. The molecular formula is C28H36N2O5. The number of nitrogens with zero attached hydrogens (tertiary/aromatic N) is 2. The molecular weight excluding hydrogens is 444 g/mol. The van der Waals surface area contributed by atoms with Gasteiger partial charge in [0, 0.05) is 12.1 Å². The summed E-state index contributed by atoms with van der Waals surface area (Å²) in [6.45, 7) is 7.57. The number of aliphatic hydroxyl groups excluding tert-OH is 1. The molecule has 0 bridgehead atoms. The zero-order chi connectivity index (χ0) is 25.9. The van der Waals surface area contributed by atoms with Crippen LogP contribution in [0.3, 0.4) is 0 Å². The van der Waals surface area contributed by atoms with E-state index in [2.05, 4.69) is 20.8 Å². The summed E-state index contributed by atoms with van der Waals surface area (Å²) in [5.74, 6) is -0.600. The summed E-state index contributed by atoms with van der Waals surface area (Å²) in [5.41, 5.74) is 2.35. The van der Waals surface area contributed by atoms with E-state index in [0.29, 0.717) is 30.0 Å². The monoisotopic (exact) mass is 480 g/mol. The molecule has 0 aliphatic carbocycles. The van der Waals surface area contributed by atoms with Gasteiger partial charge in [-0.1, -0.05) is 45.0 Å². The van der Waals surface area contributed by atoms with Crippen LogP contribution < -0.4 is 9.47 Å². The summed E-state index contributed by atoms with van der Waals surface area (Å²) in [7, 11) is 6.96. The largest absolute Gasteiger partial charge is 0.507 e. The first-order valence-corrected chi connectivity index (χ1v) is 11.8. The standard InChI is InChI=1S/C28H36N2O5/c1-28(2,3)20-12-9-18(10-13-20)24-23(26(32)27(33)30(24)16-8-15-29(4)5)25(31)19-11-14-21(34-6)22(17-19)35-7/h9-14,17,24,31H,8,15-16H2,1-7H3/b25-23+/t24-/m1/s1. The molecule has 35 heavy (non-hydrogen) atoms. The molecule has 1 aliphatic heterocycles. The number of hydrogen-bond donors (Lipinski definition) is 1. The lowest BCUT2D eigenvalue weighted by atomic mass is 9.85. The van der Waals surface area contributed by atoms with Gasteiger partial charge < -0.3 is 24.4 Å². The summed E-state index contributed by atoms with van der Waals surface area (Å²) in [6.07, 6.45) is 0.701. The Balaban J connectivity index is 2.13. The van der Waals surface area contributed by atoms with Gasteiger partial charge in [-0.3, -0.25) is 9.59 Å². The number of hydrogen-bond acceptors (Lipinski definition) is 6. The second-order valence-electron chi connectivity index (χ2n) is 10.1. The summed E-state index contributed by atoms with van der Waals surface area (Å²) in [5, 5.41) is 11.3. The average Bonchev–Trinajstić information content (AvgIpc) is 3.07. The van der Waals surface area contributed by atoms with Crippen LogP contribution in [0.15, 0.2) is 48.0 Å². The van der Waals surface area contributed by atoms with Gasteiger partial charge in [0.2, 0.25) is 0 Å². The van der Waals surface area contributed by atoms with Crippen LogP contribution >= 0.6 is 0 Å². The lowest BCUT2D eigenvalue weighted by Gasteiger charge is -2.27. The normalized spacial score (nSPS) is 17.8. The molecule has 1 N–H and O–H groups in total. The molecule has 0 unspecified atom stereocenters. The van der Waals surface area contributed by atoms with Gasteiger partial charge in [0.1, 0.15) is 5.76 Å². The predicted octanol–water partition coefficient (Wildman–Crippen LogP) is 4.37. The molecule has 1 fully saturated rings. The van der Waals surface area contributed by atoms with Gasteiger partial charge in [0.25, 0.3) is 11.7 Å². The summed E-state index contributed by atoms with van der Waals surface area (Å²) in [6, 6.07) is 12.2. The number of ketones is 1. The van der Waals surface area contributed by atoms with Crippen molar-refractivity contribution in [1.82, 2.24) is 9.80 Å². The van der Waals surface area contributed by atoms with Crippen molar-refractivity contribution in [3.8, 4) is 11.5 Å². The number of rotatable bonds is 8. The van der Waals surface area contributed by atoms with Crippen LogP contribution in [-0.4, -0.2) is 68.0 Å². The zero-order valence-electron chi connectivity index (χ0n) is 21.7. The number of carbonyl (C=O) groups excluding carboxylic acids is 2. The van der Waals surface area contributed by atoms with Crippen molar-refractivity contribution in [2.24, 2.45) is 0 Å². The van der Waals surface area contributed by atoms with E-state index in [1.165, 1.54) is 14.2 Å². The van der Waals surface area contributed by atoms with Crippen LogP contribution in [0, 0.1) is 0 Å². The second kappa shape index (κ2) is 10.5. The maximum atomic E-state index is 13.2. The molecule has 7 heteroatoms. The maximum absolute atomic E-state index is 13.2. The van der Waals surface area contributed by atoms with Crippen LogP contribution in [-0.2, 0) is 15.0 Å². The topological polar surface area (TPSA) is 79.3 Å². The Hall–Kier alpha value is -3.32. The molecule has 0 radical (unpaired) electrons. The van der Waals surface area contributed by atoms with Crippen molar-refractivity contribution in [1.29, 1.82) is 0 Å². The van der Waals surface area contributed by atoms with Crippen molar-refractivity contribution in [3.63, 3.8) is 0 Å². The Morgan fingerprint density at radius 1 is 1.00 bits per heavy atom. The van der Waals surface area contributed by atoms with Gasteiger partial charge in [-0.05, 0) is 61.8 Å². The van der Waals surface area contributed by atoms with Gasteiger partial charge >= 0.3 is 0 Å². The molecule has 0 spiro atoms. The molecule has 1 amide bonds. The predicted molar refractivity (Wildman–Crippen MR) is 137 cm³/mol. The second-order valence-corrected chi connectivity index (χ2v) is 10.1. The molecule has 2 aromatic rings. The van der Waals surface area contributed by atoms with Gasteiger partial charge in [-0.25, -0.2) is 0 Å². The smallest absolute Gasteiger partial charge is 0.295 e. The van der Waals surface area contributed by atoms with Crippen molar-refractivity contribution in [2.75, 3.05) is 41.4 Å². The highest BCUT2D eigenvalue weighted by Gasteiger charge is 2.45. The Morgan fingerprint density at radius 3 is 2.17 bits per heavy atom. The first-order chi connectivity index (χ1) is 16.5. The molecule has 1 heterocycles. The van der Waals surface area contributed by atoms with Crippen molar-refractivity contribution in [3.05, 3.63) is 64.7 Å². The van der Waals surface area contributed by atoms with Crippen molar-refractivity contribution >= 4 is 17.4 Å². The molecule has 1 saturated heterocycles. The number of ether oxygens (including phenoxy) is 2. The van der Waals surface area contributed by atoms with Gasteiger partial charge in [0.15, 0.2) is 11.5 Å². The molecule has 3 rings (SSSR count). The van der Waals surface area contributed by atoms with Crippen LogP contribution in [0.4, 0.5) is 0 Å². The Labute approximate surface area is 207 Å². The van der Waals surface area contributed by atoms with E-state index < -0.39 is 17.7 Å². The van der Waals surface area contributed by atoms with E-state index in [-0.39, 0.29) is 16.7 Å². The number of aliphatic hydroxyl groups is 1. The Kier molecular flexibility index (Phi) is 7.90. The minimum atomic E-state index is -0.688. The Bertz CT molecular complexity index is 1110. The van der Waals surface area contributed by atoms with E-state index in [9.17, 15) is 14.7 Å². The van der Waals surface area contributed by atoms with E-state index in [0.717, 1.165) is 17.7 Å². The van der Waals surface area contributed by atoms with Crippen LogP contribution in [0.25, 0.3) is 5.76 Å². The van der Waals surface area contributed by atoms with Crippen LogP contribution in [0.1, 0.15) is 49.9 Å². The number of benzene rings is 2. The Morgan fingerprint density at radius 2 is 1.63 bits per heavy atom. The highest BCUT2D eigenvalue weighted by atomic mass is 16.5.